The van der Waals surface area contributed by atoms with E-state index in [1.807, 2.05) is 4.90 Å². The number of nitrogens with one attached hydrogen (secondary N) is 1. The molecule has 0 unspecified atom stereocenters. The highest BCUT2D eigenvalue weighted by Crippen LogP contribution is 2.13. The Morgan fingerprint density at radius 2 is 1.93 bits per heavy atom. The molecule has 3 rings (SSSR count). The fourth-order valence-electron chi connectivity index (χ4n) is 2.70. The summed E-state index contributed by atoms with van der Waals surface area (Å²) in [5, 5.41) is 6.42. The second-order valence-electron chi connectivity index (χ2n) is 5.95. The minimum absolute atomic E-state index is 0. The van der Waals surface area contributed by atoms with Crippen LogP contribution in [-0.2, 0) is 11.3 Å². The van der Waals surface area contributed by atoms with Crippen molar-refractivity contribution >= 4 is 42.4 Å². The maximum atomic E-state index is 12.4. The number of carbonyl (C=O) groups is 2. The van der Waals surface area contributed by atoms with E-state index in [0.29, 0.717) is 49.1 Å². The van der Waals surface area contributed by atoms with Gasteiger partial charge >= 0.3 is 0 Å². The van der Waals surface area contributed by atoms with Crippen molar-refractivity contribution in [1.82, 2.24) is 15.0 Å². The van der Waals surface area contributed by atoms with Crippen LogP contribution in [0.2, 0.25) is 0 Å². The van der Waals surface area contributed by atoms with Gasteiger partial charge in [-0.05, 0) is 13.0 Å². The minimum Gasteiger partial charge on any atom is -0.467 e. The molecule has 3 heterocycles. The highest BCUT2D eigenvalue weighted by atomic mass is 35.5. The van der Waals surface area contributed by atoms with Gasteiger partial charge in [0.05, 0.1) is 18.7 Å². The number of hydrogen-bond donors (Lipinski definition) is 2. The second kappa shape index (κ2) is 10.3. The molecule has 1 aliphatic rings. The standard InChI is InChI=1S/C16H21N5O4.2ClH/c1-11-6-14(19-25-11)18-15(22)9-20-2-4-21(5-3-20)16(23)12-7-13(8-17)24-10-12;;/h6-7,10H,2-5,8-9,17H2,1H3,(H,18,19,22);2*1H. The smallest absolute Gasteiger partial charge is 0.257 e. The summed E-state index contributed by atoms with van der Waals surface area (Å²) in [4.78, 5) is 28.2. The lowest BCUT2D eigenvalue weighted by Crippen LogP contribution is -2.50. The van der Waals surface area contributed by atoms with Crippen LogP contribution in [0.1, 0.15) is 21.9 Å². The molecule has 27 heavy (non-hydrogen) atoms. The first kappa shape index (κ1) is 23.0. The maximum absolute atomic E-state index is 12.4. The summed E-state index contributed by atoms with van der Waals surface area (Å²) in [6.45, 7) is 4.63. The predicted molar refractivity (Wildman–Crippen MR) is 103 cm³/mol. The van der Waals surface area contributed by atoms with Crippen LogP contribution < -0.4 is 11.1 Å². The van der Waals surface area contributed by atoms with Gasteiger partial charge in [-0.2, -0.15) is 0 Å². The molecule has 1 saturated heterocycles. The van der Waals surface area contributed by atoms with Gasteiger partial charge in [0.15, 0.2) is 5.82 Å². The number of carbonyl (C=O) groups excluding carboxylic acids is 2. The van der Waals surface area contributed by atoms with E-state index in [-0.39, 0.29) is 49.7 Å². The monoisotopic (exact) mass is 419 g/mol. The van der Waals surface area contributed by atoms with Crippen LogP contribution in [0, 0.1) is 6.92 Å². The Morgan fingerprint density at radius 3 is 2.48 bits per heavy atom. The molecular weight excluding hydrogens is 397 g/mol. The van der Waals surface area contributed by atoms with Gasteiger partial charge in [0.2, 0.25) is 5.91 Å². The van der Waals surface area contributed by atoms with E-state index in [2.05, 4.69) is 10.5 Å². The van der Waals surface area contributed by atoms with Crippen LogP contribution >= 0.6 is 24.8 Å². The van der Waals surface area contributed by atoms with Gasteiger partial charge in [0.1, 0.15) is 17.8 Å². The molecule has 2 aromatic rings. The van der Waals surface area contributed by atoms with Crippen LogP contribution in [0.4, 0.5) is 5.82 Å². The summed E-state index contributed by atoms with van der Waals surface area (Å²) in [7, 11) is 0. The van der Waals surface area contributed by atoms with Crippen molar-refractivity contribution in [3.8, 4) is 0 Å². The van der Waals surface area contributed by atoms with E-state index in [9.17, 15) is 9.59 Å². The van der Waals surface area contributed by atoms with Crippen LogP contribution in [0.15, 0.2) is 27.3 Å². The number of rotatable bonds is 5. The van der Waals surface area contributed by atoms with E-state index in [4.69, 9.17) is 14.7 Å². The van der Waals surface area contributed by atoms with Crippen molar-refractivity contribution in [3.05, 3.63) is 35.5 Å². The molecule has 1 fully saturated rings. The number of amides is 2. The molecule has 1 aliphatic heterocycles. The van der Waals surface area contributed by atoms with Gasteiger partial charge < -0.3 is 24.9 Å². The highest BCUT2D eigenvalue weighted by Gasteiger charge is 2.24. The van der Waals surface area contributed by atoms with Crippen LogP contribution in [0.25, 0.3) is 0 Å². The lowest BCUT2D eigenvalue weighted by Gasteiger charge is -2.34. The molecule has 0 radical (unpaired) electrons. The summed E-state index contributed by atoms with van der Waals surface area (Å²) >= 11 is 0. The summed E-state index contributed by atoms with van der Waals surface area (Å²) in [6, 6.07) is 3.33. The number of anilines is 1. The molecule has 3 N–H and O–H groups in total. The SMILES string of the molecule is Cc1cc(NC(=O)CN2CCN(C(=O)c3coc(CN)c3)CC2)no1.Cl.Cl. The van der Waals surface area contributed by atoms with E-state index >= 15 is 0 Å². The Labute approximate surface area is 169 Å². The zero-order valence-electron chi connectivity index (χ0n) is 14.8. The Balaban J connectivity index is 0.00000182. The molecule has 150 valence electrons. The predicted octanol–water partition coefficient (Wildman–Crippen LogP) is 1.27. The van der Waals surface area contributed by atoms with Gasteiger partial charge in [-0.3, -0.25) is 14.5 Å². The Hall–Kier alpha value is -2.07. The van der Waals surface area contributed by atoms with Crippen LogP contribution in [0.5, 0.6) is 0 Å². The molecule has 2 aromatic heterocycles. The average Bonchev–Trinajstić information content (AvgIpc) is 3.24. The van der Waals surface area contributed by atoms with E-state index in [0.717, 1.165) is 0 Å². The zero-order chi connectivity index (χ0) is 17.8. The van der Waals surface area contributed by atoms with Crippen molar-refractivity contribution in [2.75, 3.05) is 38.0 Å². The molecular formula is C16H23Cl2N5O4. The normalized spacial score (nSPS) is 14.2. The summed E-state index contributed by atoms with van der Waals surface area (Å²) in [6.07, 6.45) is 1.43. The highest BCUT2D eigenvalue weighted by molar-refractivity contribution is 5.94. The zero-order valence-corrected chi connectivity index (χ0v) is 16.5. The van der Waals surface area contributed by atoms with Crippen molar-refractivity contribution in [1.29, 1.82) is 0 Å². The molecule has 0 aliphatic carbocycles. The third kappa shape index (κ3) is 5.96. The lowest BCUT2D eigenvalue weighted by atomic mass is 10.2. The third-order valence-electron chi connectivity index (χ3n) is 4.02. The largest absolute Gasteiger partial charge is 0.467 e. The van der Waals surface area contributed by atoms with Gasteiger partial charge in [0.25, 0.3) is 5.91 Å². The van der Waals surface area contributed by atoms with Gasteiger partial charge in [-0.15, -0.1) is 24.8 Å². The first-order chi connectivity index (χ1) is 12.0. The molecule has 0 spiro atoms. The number of piperazine rings is 1. The topological polar surface area (TPSA) is 118 Å². The first-order valence-electron chi connectivity index (χ1n) is 8.07. The average molecular weight is 420 g/mol. The number of aromatic nitrogens is 1. The quantitative estimate of drug-likeness (QED) is 0.748. The van der Waals surface area contributed by atoms with Crippen molar-refractivity contribution in [3.63, 3.8) is 0 Å². The fraction of sp³-hybridized carbons (Fsp3) is 0.438. The van der Waals surface area contributed by atoms with E-state index < -0.39 is 0 Å². The Kier molecular flexibility index (Phi) is 8.77. The van der Waals surface area contributed by atoms with Crippen molar-refractivity contribution < 1.29 is 18.5 Å². The summed E-state index contributed by atoms with van der Waals surface area (Å²) in [5.74, 6) is 1.40. The number of aryl methyl sites for hydroxylation is 1. The van der Waals surface area contributed by atoms with Gasteiger partial charge in [0, 0.05) is 32.2 Å². The summed E-state index contributed by atoms with van der Waals surface area (Å²) in [5.41, 5.74) is 6.00. The Morgan fingerprint density at radius 1 is 1.22 bits per heavy atom. The first-order valence-corrected chi connectivity index (χ1v) is 8.07. The number of furan rings is 1. The maximum Gasteiger partial charge on any atom is 0.257 e. The molecule has 0 bridgehead atoms. The molecule has 0 saturated carbocycles. The van der Waals surface area contributed by atoms with Crippen LogP contribution in [0.3, 0.4) is 0 Å². The number of nitrogens with two attached hydrogens (primary N) is 1. The third-order valence-corrected chi connectivity index (χ3v) is 4.02. The van der Waals surface area contributed by atoms with Gasteiger partial charge in [-0.25, -0.2) is 0 Å². The number of halogens is 2. The van der Waals surface area contributed by atoms with Gasteiger partial charge in [-0.1, -0.05) is 5.16 Å². The summed E-state index contributed by atoms with van der Waals surface area (Å²) < 4.78 is 10.1. The van der Waals surface area contributed by atoms with Crippen molar-refractivity contribution in [2.24, 2.45) is 5.73 Å². The number of nitrogens with zero attached hydrogens (tertiary/aromatic N) is 3. The van der Waals surface area contributed by atoms with Crippen molar-refractivity contribution in [2.45, 2.75) is 13.5 Å². The molecule has 11 heteroatoms. The van der Waals surface area contributed by atoms with Crippen LogP contribution in [-0.4, -0.2) is 59.5 Å². The van der Waals surface area contributed by atoms with E-state index in [1.54, 1.807) is 24.0 Å². The second-order valence-corrected chi connectivity index (χ2v) is 5.95. The Bertz CT molecular complexity index is 756. The molecule has 2 amide bonds. The molecule has 0 atom stereocenters. The number of hydrogen-bond acceptors (Lipinski definition) is 7. The molecule has 9 nitrogen and oxygen atoms in total. The lowest BCUT2D eigenvalue weighted by molar-refractivity contribution is -0.117. The van der Waals surface area contributed by atoms with E-state index in [1.165, 1.54) is 6.26 Å². The fourth-order valence-corrected chi connectivity index (χ4v) is 2.70. The molecule has 0 aromatic carbocycles. The minimum atomic E-state index is -0.157.